The largest absolute Gasteiger partial charge is 0.254 e. The first kappa shape index (κ1) is 9.28. The molecule has 0 amide bonds. The molecule has 0 spiro atoms. The fourth-order valence-electron chi connectivity index (χ4n) is 2.10. The van der Waals surface area contributed by atoms with Gasteiger partial charge < -0.3 is 0 Å². The molecule has 0 saturated carbocycles. The van der Waals surface area contributed by atoms with Crippen molar-refractivity contribution in [1.29, 1.82) is 0 Å². The van der Waals surface area contributed by atoms with Gasteiger partial charge in [-0.3, -0.25) is 9.97 Å². The van der Waals surface area contributed by atoms with Crippen molar-refractivity contribution in [2.24, 2.45) is 0 Å². The van der Waals surface area contributed by atoms with Crippen LogP contribution in [0.25, 0.3) is 21.8 Å². The van der Waals surface area contributed by atoms with E-state index in [-0.39, 0.29) is 0 Å². The molecule has 2 heteroatoms. The molecule has 16 heavy (non-hydrogen) atoms. The smallest absolute Gasteiger partial charge is 0.0967 e. The number of aromatic nitrogens is 2. The second-order valence-corrected chi connectivity index (χ2v) is 4.12. The number of benzene rings is 1. The molecule has 1 aromatic carbocycles. The minimum atomic E-state index is 1.00. The highest BCUT2D eigenvalue weighted by molar-refractivity contribution is 6.04. The van der Waals surface area contributed by atoms with Crippen LogP contribution in [0.4, 0.5) is 0 Å². The highest BCUT2D eigenvalue weighted by Crippen LogP contribution is 2.25. The lowest BCUT2D eigenvalue weighted by atomic mass is 10.1. The van der Waals surface area contributed by atoms with Crippen molar-refractivity contribution in [1.82, 2.24) is 9.97 Å². The average molecular weight is 208 g/mol. The Morgan fingerprint density at radius 3 is 2.75 bits per heavy atom. The summed E-state index contributed by atoms with van der Waals surface area (Å²) in [6.45, 7) is 4.12. The predicted molar refractivity (Wildman–Crippen MR) is 66.5 cm³/mol. The average Bonchev–Trinajstić information content (AvgIpc) is 2.31. The first-order valence-electron chi connectivity index (χ1n) is 5.37. The second-order valence-electron chi connectivity index (χ2n) is 4.12. The maximum atomic E-state index is 4.58. The van der Waals surface area contributed by atoms with E-state index in [1.807, 2.05) is 25.3 Å². The molecule has 0 N–H and O–H groups in total. The Bertz CT molecular complexity index is 687. The summed E-state index contributed by atoms with van der Waals surface area (Å²) < 4.78 is 0. The van der Waals surface area contributed by atoms with Crippen molar-refractivity contribution in [2.75, 3.05) is 0 Å². The fourth-order valence-corrected chi connectivity index (χ4v) is 2.10. The first-order valence-corrected chi connectivity index (χ1v) is 5.37. The summed E-state index contributed by atoms with van der Waals surface area (Å²) >= 11 is 0. The van der Waals surface area contributed by atoms with E-state index in [0.717, 1.165) is 22.1 Å². The van der Waals surface area contributed by atoms with Gasteiger partial charge in [-0.15, -0.1) is 0 Å². The molecule has 0 aliphatic rings. The minimum absolute atomic E-state index is 1.00. The van der Waals surface area contributed by atoms with Gasteiger partial charge in [-0.05, 0) is 37.6 Å². The Morgan fingerprint density at radius 1 is 1.00 bits per heavy atom. The molecular weight excluding hydrogens is 196 g/mol. The Morgan fingerprint density at radius 2 is 1.88 bits per heavy atom. The zero-order chi connectivity index (χ0) is 11.1. The lowest BCUT2D eigenvalue weighted by molar-refractivity contribution is 1.25. The van der Waals surface area contributed by atoms with Crippen molar-refractivity contribution >= 4 is 21.8 Å². The molecule has 0 bridgehead atoms. The van der Waals surface area contributed by atoms with Gasteiger partial charge in [-0.25, -0.2) is 0 Å². The molecule has 0 fully saturated rings. The standard InChI is InChI=1S/C14H12N2/c1-9-8-11-6-5-10(2)16-13(11)14-12(9)4-3-7-15-14/h3-8H,1-2H3. The lowest BCUT2D eigenvalue weighted by Gasteiger charge is -2.06. The van der Waals surface area contributed by atoms with Gasteiger partial charge in [0.05, 0.1) is 11.0 Å². The van der Waals surface area contributed by atoms with Gasteiger partial charge in [0.1, 0.15) is 0 Å². The SMILES string of the molecule is Cc1ccc2cc(C)c3cccnc3c2n1. The molecule has 0 aliphatic carbocycles. The number of rotatable bonds is 0. The van der Waals surface area contributed by atoms with Crippen LogP contribution in [0.5, 0.6) is 0 Å². The third kappa shape index (κ3) is 1.27. The number of nitrogens with zero attached hydrogens (tertiary/aromatic N) is 2. The van der Waals surface area contributed by atoms with Crippen LogP contribution >= 0.6 is 0 Å². The first-order chi connectivity index (χ1) is 7.75. The summed E-state index contributed by atoms with van der Waals surface area (Å²) in [4.78, 5) is 9.03. The summed E-state index contributed by atoms with van der Waals surface area (Å²) in [5.41, 5.74) is 4.28. The van der Waals surface area contributed by atoms with E-state index in [9.17, 15) is 0 Å². The molecular formula is C14H12N2. The minimum Gasteiger partial charge on any atom is -0.254 e. The van der Waals surface area contributed by atoms with Gasteiger partial charge >= 0.3 is 0 Å². The summed E-state index contributed by atoms with van der Waals surface area (Å²) in [7, 11) is 0. The summed E-state index contributed by atoms with van der Waals surface area (Å²) in [5.74, 6) is 0. The van der Waals surface area contributed by atoms with E-state index in [1.54, 1.807) is 0 Å². The van der Waals surface area contributed by atoms with E-state index in [0.29, 0.717) is 0 Å². The topological polar surface area (TPSA) is 25.8 Å². The van der Waals surface area contributed by atoms with Crippen LogP contribution in [0.3, 0.4) is 0 Å². The third-order valence-electron chi connectivity index (χ3n) is 2.89. The van der Waals surface area contributed by atoms with Gasteiger partial charge in [-0.2, -0.15) is 0 Å². The van der Waals surface area contributed by atoms with Crippen molar-refractivity contribution in [3.05, 3.63) is 47.8 Å². The molecule has 3 rings (SSSR count). The molecule has 0 unspecified atom stereocenters. The number of fused-ring (bicyclic) bond motifs is 3. The van der Waals surface area contributed by atoms with Crippen LogP contribution < -0.4 is 0 Å². The van der Waals surface area contributed by atoms with Crippen LogP contribution in [0.2, 0.25) is 0 Å². The Balaban J connectivity index is 2.61. The fraction of sp³-hybridized carbons (Fsp3) is 0.143. The maximum absolute atomic E-state index is 4.58. The molecule has 3 aromatic rings. The van der Waals surface area contributed by atoms with Crippen molar-refractivity contribution < 1.29 is 0 Å². The molecule has 0 saturated heterocycles. The summed E-state index contributed by atoms with van der Waals surface area (Å²) in [5, 5.41) is 2.35. The van der Waals surface area contributed by atoms with Crippen molar-refractivity contribution in [2.45, 2.75) is 13.8 Å². The zero-order valence-electron chi connectivity index (χ0n) is 9.36. The van der Waals surface area contributed by atoms with Crippen LogP contribution in [0, 0.1) is 13.8 Å². The second kappa shape index (κ2) is 3.27. The van der Waals surface area contributed by atoms with Crippen molar-refractivity contribution in [3.8, 4) is 0 Å². The van der Waals surface area contributed by atoms with Gasteiger partial charge in [0.15, 0.2) is 0 Å². The lowest BCUT2D eigenvalue weighted by Crippen LogP contribution is -1.89. The van der Waals surface area contributed by atoms with Crippen LogP contribution in [-0.4, -0.2) is 9.97 Å². The molecule has 2 nitrogen and oxygen atoms in total. The van der Waals surface area contributed by atoms with E-state index in [2.05, 4.69) is 35.1 Å². The molecule has 0 aliphatic heterocycles. The quantitative estimate of drug-likeness (QED) is 0.529. The van der Waals surface area contributed by atoms with Gasteiger partial charge in [0.2, 0.25) is 0 Å². The highest BCUT2D eigenvalue weighted by atomic mass is 14.7. The molecule has 0 atom stereocenters. The predicted octanol–water partition coefficient (Wildman–Crippen LogP) is 3.40. The summed E-state index contributed by atoms with van der Waals surface area (Å²) in [6, 6.07) is 10.4. The molecule has 2 heterocycles. The number of hydrogen-bond donors (Lipinski definition) is 0. The Labute approximate surface area is 94.0 Å². The van der Waals surface area contributed by atoms with E-state index in [1.165, 1.54) is 10.9 Å². The number of aryl methyl sites for hydroxylation is 2. The number of pyridine rings is 2. The monoisotopic (exact) mass is 208 g/mol. The Kier molecular flexibility index (Phi) is 1.90. The van der Waals surface area contributed by atoms with Crippen LogP contribution in [0.1, 0.15) is 11.3 Å². The van der Waals surface area contributed by atoms with Gasteiger partial charge in [-0.1, -0.05) is 12.1 Å². The normalized spacial score (nSPS) is 11.1. The molecule has 78 valence electrons. The highest BCUT2D eigenvalue weighted by Gasteiger charge is 2.05. The maximum Gasteiger partial charge on any atom is 0.0967 e. The van der Waals surface area contributed by atoms with E-state index in [4.69, 9.17) is 0 Å². The molecule has 2 aromatic heterocycles. The van der Waals surface area contributed by atoms with Crippen molar-refractivity contribution in [3.63, 3.8) is 0 Å². The van der Waals surface area contributed by atoms with Crippen LogP contribution in [0.15, 0.2) is 36.5 Å². The van der Waals surface area contributed by atoms with E-state index < -0.39 is 0 Å². The summed E-state index contributed by atoms with van der Waals surface area (Å²) in [6.07, 6.45) is 1.82. The van der Waals surface area contributed by atoms with Gasteiger partial charge in [0.25, 0.3) is 0 Å². The molecule has 0 radical (unpaired) electrons. The third-order valence-corrected chi connectivity index (χ3v) is 2.89. The van der Waals surface area contributed by atoms with Gasteiger partial charge in [0, 0.05) is 22.7 Å². The Hall–Kier alpha value is -1.96. The van der Waals surface area contributed by atoms with E-state index >= 15 is 0 Å². The number of hydrogen-bond acceptors (Lipinski definition) is 2. The van der Waals surface area contributed by atoms with Crippen LogP contribution in [-0.2, 0) is 0 Å². The zero-order valence-corrected chi connectivity index (χ0v) is 9.36.